The number of rotatable bonds is 2. The lowest BCUT2D eigenvalue weighted by atomic mass is 10.2. The number of nitrogen functional groups attached to an aromatic ring is 1. The predicted molar refractivity (Wildman–Crippen MR) is 46.7 cm³/mol. The Morgan fingerprint density at radius 3 is 2.56 bits per heavy atom. The van der Waals surface area contributed by atoms with Crippen LogP contribution in [0.1, 0.15) is 10.4 Å². The van der Waals surface area contributed by atoms with Crippen LogP contribution in [0.2, 0.25) is 0 Å². The van der Waals surface area contributed by atoms with Gasteiger partial charge in [0.15, 0.2) is 5.75 Å². The van der Waals surface area contributed by atoms with E-state index in [1.807, 2.05) is 0 Å². The van der Waals surface area contributed by atoms with Crippen molar-refractivity contribution in [1.82, 2.24) is 4.98 Å². The highest BCUT2D eigenvalue weighted by atomic mass is 19.4. The molecule has 0 unspecified atom stereocenters. The Morgan fingerprint density at radius 2 is 2.06 bits per heavy atom. The van der Waals surface area contributed by atoms with E-state index in [9.17, 15) is 18.0 Å². The number of hydrogen-bond acceptors (Lipinski definition) is 5. The lowest BCUT2D eigenvalue weighted by Crippen LogP contribution is -2.20. The zero-order valence-corrected chi connectivity index (χ0v) is 8.04. The number of methoxy groups -OCH3 is 1. The number of alkyl halides is 3. The van der Waals surface area contributed by atoms with Crippen LogP contribution in [-0.2, 0) is 4.74 Å². The normalized spacial score (nSPS) is 11.0. The van der Waals surface area contributed by atoms with E-state index in [2.05, 4.69) is 14.5 Å². The van der Waals surface area contributed by atoms with Gasteiger partial charge in [0.1, 0.15) is 5.56 Å². The van der Waals surface area contributed by atoms with Gasteiger partial charge < -0.3 is 15.2 Å². The van der Waals surface area contributed by atoms with Crippen molar-refractivity contribution >= 4 is 11.7 Å². The van der Waals surface area contributed by atoms with Crippen LogP contribution in [0.15, 0.2) is 12.4 Å². The molecule has 0 saturated carbocycles. The molecule has 0 amide bonds. The summed E-state index contributed by atoms with van der Waals surface area (Å²) in [5, 5.41) is 0. The molecule has 2 N–H and O–H groups in total. The number of esters is 1. The van der Waals surface area contributed by atoms with Crippen molar-refractivity contribution in [2.24, 2.45) is 0 Å². The SMILES string of the molecule is COC(=O)c1cncc(N)c1OC(F)(F)F. The van der Waals surface area contributed by atoms with Gasteiger partial charge >= 0.3 is 12.3 Å². The Labute approximate surface area is 88.0 Å². The van der Waals surface area contributed by atoms with Gasteiger partial charge in [-0.2, -0.15) is 0 Å². The van der Waals surface area contributed by atoms with Crippen molar-refractivity contribution < 1.29 is 27.4 Å². The Bertz CT molecular complexity index is 406. The average Bonchev–Trinajstić information content (AvgIpc) is 2.18. The third-order valence-electron chi connectivity index (χ3n) is 1.55. The molecule has 1 aromatic heterocycles. The number of carbonyl (C=O) groups excluding carboxylic acids is 1. The monoisotopic (exact) mass is 236 g/mol. The molecule has 0 bridgehead atoms. The van der Waals surface area contributed by atoms with Gasteiger partial charge in [0.25, 0.3) is 0 Å². The first-order valence-corrected chi connectivity index (χ1v) is 3.92. The van der Waals surface area contributed by atoms with Gasteiger partial charge in [-0.1, -0.05) is 0 Å². The average molecular weight is 236 g/mol. The van der Waals surface area contributed by atoms with E-state index < -0.39 is 29.3 Å². The van der Waals surface area contributed by atoms with E-state index in [0.29, 0.717) is 0 Å². The van der Waals surface area contributed by atoms with Gasteiger partial charge in [0, 0.05) is 6.20 Å². The maximum absolute atomic E-state index is 12.0. The van der Waals surface area contributed by atoms with E-state index in [4.69, 9.17) is 5.73 Å². The second kappa shape index (κ2) is 4.25. The molecule has 16 heavy (non-hydrogen) atoms. The Kier molecular flexibility index (Phi) is 3.21. The summed E-state index contributed by atoms with van der Waals surface area (Å²) in [6.45, 7) is 0. The van der Waals surface area contributed by atoms with Crippen LogP contribution in [0.4, 0.5) is 18.9 Å². The van der Waals surface area contributed by atoms with Gasteiger partial charge in [-0.3, -0.25) is 4.98 Å². The van der Waals surface area contributed by atoms with E-state index in [1.54, 1.807) is 0 Å². The number of nitrogens with two attached hydrogens (primary N) is 1. The minimum atomic E-state index is -4.95. The third kappa shape index (κ3) is 2.75. The number of hydrogen-bond donors (Lipinski definition) is 1. The van der Waals surface area contributed by atoms with E-state index in [1.165, 1.54) is 0 Å². The summed E-state index contributed by atoms with van der Waals surface area (Å²) in [7, 11) is 1.02. The maximum atomic E-state index is 12.0. The van der Waals surface area contributed by atoms with Crippen molar-refractivity contribution in [3.05, 3.63) is 18.0 Å². The summed E-state index contributed by atoms with van der Waals surface area (Å²) in [4.78, 5) is 14.6. The molecule has 0 spiro atoms. The highest BCUT2D eigenvalue weighted by molar-refractivity contribution is 5.94. The molecule has 0 radical (unpaired) electrons. The lowest BCUT2D eigenvalue weighted by Gasteiger charge is -2.13. The largest absolute Gasteiger partial charge is 0.573 e. The molecule has 1 rings (SSSR count). The number of halogens is 3. The summed E-state index contributed by atoms with van der Waals surface area (Å²) in [6, 6.07) is 0. The number of ether oxygens (including phenoxy) is 2. The first-order valence-electron chi connectivity index (χ1n) is 3.92. The molecule has 1 heterocycles. The highest BCUT2D eigenvalue weighted by Gasteiger charge is 2.34. The standard InChI is InChI=1S/C8H7F3N2O3/c1-15-7(14)4-2-13-3-5(12)6(4)16-8(9,10)11/h2-3H,12H2,1H3. The summed E-state index contributed by atoms with van der Waals surface area (Å²) >= 11 is 0. The fourth-order valence-electron chi connectivity index (χ4n) is 0.950. The fraction of sp³-hybridized carbons (Fsp3) is 0.250. The minimum absolute atomic E-state index is 0.403. The first kappa shape index (κ1) is 12.1. The summed E-state index contributed by atoms with van der Waals surface area (Å²) in [5.74, 6) is -1.83. The second-order valence-corrected chi connectivity index (χ2v) is 2.64. The van der Waals surface area contributed by atoms with E-state index in [0.717, 1.165) is 19.5 Å². The van der Waals surface area contributed by atoms with E-state index >= 15 is 0 Å². The fourth-order valence-corrected chi connectivity index (χ4v) is 0.950. The number of nitrogens with zero attached hydrogens (tertiary/aromatic N) is 1. The Hall–Kier alpha value is -1.99. The lowest BCUT2D eigenvalue weighted by molar-refractivity contribution is -0.274. The second-order valence-electron chi connectivity index (χ2n) is 2.64. The molecular formula is C8H7F3N2O3. The Morgan fingerprint density at radius 1 is 1.44 bits per heavy atom. The maximum Gasteiger partial charge on any atom is 0.573 e. The zero-order valence-electron chi connectivity index (χ0n) is 8.04. The van der Waals surface area contributed by atoms with Crippen molar-refractivity contribution in [3.63, 3.8) is 0 Å². The molecule has 0 aliphatic carbocycles. The van der Waals surface area contributed by atoms with Crippen LogP contribution < -0.4 is 10.5 Å². The van der Waals surface area contributed by atoms with Crippen LogP contribution in [0.25, 0.3) is 0 Å². The van der Waals surface area contributed by atoms with Crippen LogP contribution in [0, 0.1) is 0 Å². The van der Waals surface area contributed by atoms with Gasteiger partial charge in [-0.15, -0.1) is 13.2 Å². The molecule has 0 fully saturated rings. The van der Waals surface area contributed by atoms with Gasteiger partial charge in [0.05, 0.1) is 19.0 Å². The van der Waals surface area contributed by atoms with Crippen molar-refractivity contribution in [2.75, 3.05) is 12.8 Å². The number of pyridine rings is 1. The molecule has 5 nitrogen and oxygen atoms in total. The molecule has 0 atom stereocenters. The quantitative estimate of drug-likeness (QED) is 0.784. The highest BCUT2D eigenvalue weighted by Crippen LogP contribution is 2.31. The van der Waals surface area contributed by atoms with Crippen LogP contribution >= 0.6 is 0 Å². The van der Waals surface area contributed by atoms with Crippen LogP contribution in [0.5, 0.6) is 5.75 Å². The molecule has 0 aromatic carbocycles. The summed E-state index contributed by atoms with van der Waals surface area (Å²) in [5.41, 5.74) is 4.34. The molecule has 1 aromatic rings. The van der Waals surface area contributed by atoms with Crippen molar-refractivity contribution in [3.8, 4) is 5.75 Å². The number of anilines is 1. The molecule has 88 valence electrons. The van der Waals surface area contributed by atoms with Gasteiger partial charge in [0.2, 0.25) is 0 Å². The topological polar surface area (TPSA) is 74.4 Å². The zero-order chi connectivity index (χ0) is 12.3. The molecule has 0 saturated heterocycles. The van der Waals surface area contributed by atoms with Crippen molar-refractivity contribution in [1.29, 1.82) is 0 Å². The summed E-state index contributed by atoms with van der Waals surface area (Å²) < 4.78 is 43.9. The van der Waals surface area contributed by atoms with Crippen molar-refractivity contribution in [2.45, 2.75) is 6.36 Å². The van der Waals surface area contributed by atoms with Crippen LogP contribution in [-0.4, -0.2) is 24.4 Å². The number of aromatic nitrogens is 1. The van der Waals surface area contributed by atoms with Gasteiger partial charge in [-0.05, 0) is 0 Å². The molecular weight excluding hydrogens is 229 g/mol. The van der Waals surface area contributed by atoms with Crippen LogP contribution in [0.3, 0.4) is 0 Å². The van der Waals surface area contributed by atoms with Gasteiger partial charge in [-0.25, -0.2) is 4.79 Å². The third-order valence-corrected chi connectivity index (χ3v) is 1.55. The minimum Gasteiger partial charge on any atom is -0.465 e. The number of carbonyl (C=O) groups is 1. The Balaban J connectivity index is 3.19. The summed E-state index contributed by atoms with van der Waals surface area (Å²) in [6.07, 6.45) is -3.13. The molecule has 8 heteroatoms. The molecule has 0 aliphatic rings. The predicted octanol–water partition coefficient (Wildman–Crippen LogP) is 1.35. The smallest absolute Gasteiger partial charge is 0.465 e. The molecule has 0 aliphatic heterocycles. The first-order chi connectivity index (χ1) is 7.35. The van der Waals surface area contributed by atoms with E-state index in [-0.39, 0.29) is 0 Å².